The second kappa shape index (κ2) is 34.2. The Morgan fingerprint density at radius 3 is 1.15 bits per heavy atom. The summed E-state index contributed by atoms with van der Waals surface area (Å²) in [5.41, 5.74) is 0. The molecule has 1 aliphatic heterocycles. The van der Waals surface area contributed by atoms with Gasteiger partial charge in [0.05, 0.1) is 13.2 Å². The smallest absolute Gasteiger partial charge is 0.302 e. The Balaban J connectivity index is 2.80. The molecule has 0 unspecified atom stereocenters. The predicted octanol–water partition coefficient (Wildman–Crippen LogP) is 14.0. The highest BCUT2D eigenvalue weighted by Crippen LogP contribution is 2.45. The van der Waals surface area contributed by atoms with Gasteiger partial charge in [0, 0.05) is 13.1 Å². The van der Waals surface area contributed by atoms with Gasteiger partial charge in [0.1, 0.15) is 0 Å². The van der Waals surface area contributed by atoms with Crippen LogP contribution in [0.4, 0.5) is 0 Å². The van der Waals surface area contributed by atoms with Crippen molar-refractivity contribution in [2.75, 3.05) is 39.4 Å². The van der Waals surface area contributed by atoms with E-state index in [0.29, 0.717) is 31.6 Å². The third-order valence-electron chi connectivity index (χ3n) is 10.8. The zero-order valence-corrected chi connectivity index (χ0v) is 34.1. The Hall–Kier alpha value is 0.0700. The number of hydrogen-bond donors (Lipinski definition) is 1. The number of hydrogen-bond acceptors (Lipinski definition) is 4. The summed E-state index contributed by atoms with van der Waals surface area (Å²) in [6.07, 6.45) is 39.0. The maximum absolute atomic E-state index is 14.4. The number of unbranched alkanes of at least 4 members (excludes halogenated alkanes) is 20. The SMILES string of the molecule is CCCCCCCCC(CCCCCCCC)COP(=O)(NCCN1CCCC1)OCC(CCCCCCCC)CCCCCCCC. The van der Waals surface area contributed by atoms with Crippen LogP contribution in [-0.2, 0) is 13.6 Å². The minimum atomic E-state index is -3.38. The molecule has 6 heteroatoms. The molecule has 0 aromatic heterocycles. The molecule has 1 fully saturated rings. The topological polar surface area (TPSA) is 50.8 Å². The minimum absolute atomic E-state index is 0.474. The molecule has 1 N–H and O–H groups in total. The van der Waals surface area contributed by atoms with Gasteiger partial charge in [-0.3, -0.25) is 9.05 Å². The van der Waals surface area contributed by atoms with Crippen LogP contribution in [0.1, 0.15) is 220 Å². The molecule has 0 aromatic rings. The lowest BCUT2D eigenvalue weighted by molar-refractivity contribution is 0.139. The molecule has 0 saturated carbocycles. The Morgan fingerprint density at radius 1 is 0.500 bits per heavy atom. The first-order chi connectivity index (χ1) is 23.6. The van der Waals surface area contributed by atoms with Crippen molar-refractivity contribution in [3.05, 3.63) is 0 Å². The highest BCUT2D eigenvalue weighted by molar-refractivity contribution is 7.51. The van der Waals surface area contributed by atoms with Crippen molar-refractivity contribution < 1.29 is 13.6 Å². The zero-order valence-electron chi connectivity index (χ0n) is 33.2. The van der Waals surface area contributed by atoms with E-state index in [1.807, 2.05) is 0 Å². The lowest BCUT2D eigenvalue weighted by Gasteiger charge is -2.26. The van der Waals surface area contributed by atoms with Crippen LogP contribution in [0, 0.1) is 11.8 Å². The molecule has 5 nitrogen and oxygen atoms in total. The summed E-state index contributed by atoms with van der Waals surface area (Å²) < 4.78 is 27.3. The first kappa shape index (κ1) is 46.1. The highest BCUT2D eigenvalue weighted by Gasteiger charge is 2.28. The van der Waals surface area contributed by atoms with Crippen LogP contribution in [-0.4, -0.2) is 44.3 Å². The number of nitrogens with zero attached hydrogens (tertiary/aromatic N) is 1. The van der Waals surface area contributed by atoms with E-state index in [9.17, 15) is 4.57 Å². The van der Waals surface area contributed by atoms with Crippen molar-refractivity contribution in [3.8, 4) is 0 Å². The van der Waals surface area contributed by atoms with Crippen molar-refractivity contribution in [1.29, 1.82) is 0 Å². The van der Waals surface area contributed by atoms with E-state index in [1.165, 1.54) is 193 Å². The molecule has 0 spiro atoms. The summed E-state index contributed by atoms with van der Waals surface area (Å²) >= 11 is 0. The van der Waals surface area contributed by atoms with E-state index >= 15 is 0 Å². The first-order valence-electron chi connectivity index (χ1n) is 21.9. The fourth-order valence-electron chi connectivity index (χ4n) is 7.36. The summed E-state index contributed by atoms with van der Waals surface area (Å²) in [5, 5.41) is 3.36. The third-order valence-corrected chi connectivity index (χ3v) is 12.3. The monoisotopic (exact) mass is 699 g/mol. The van der Waals surface area contributed by atoms with Crippen LogP contribution >= 0.6 is 7.75 Å². The van der Waals surface area contributed by atoms with Crippen molar-refractivity contribution in [1.82, 2.24) is 9.99 Å². The molecule has 0 radical (unpaired) electrons. The van der Waals surface area contributed by atoms with Gasteiger partial charge in [0.2, 0.25) is 0 Å². The maximum Gasteiger partial charge on any atom is 0.405 e. The summed E-state index contributed by atoms with van der Waals surface area (Å²) in [6, 6.07) is 0. The van der Waals surface area contributed by atoms with Crippen LogP contribution < -0.4 is 5.09 Å². The second-order valence-corrected chi connectivity index (χ2v) is 17.3. The van der Waals surface area contributed by atoms with Gasteiger partial charge >= 0.3 is 7.75 Å². The van der Waals surface area contributed by atoms with Gasteiger partial charge in [0.25, 0.3) is 0 Å². The van der Waals surface area contributed by atoms with Gasteiger partial charge in [-0.2, -0.15) is 0 Å². The highest BCUT2D eigenvalue weighted by atomic mass is 31.2. The molecule has 0 bridgehead atoms. The molecule has 48 heavy (non-hydrogen) atoms. The molecule has 288 valence electrons. The standard InChI is InChI=1S/C42H87N2O3P/c1-5-9-13-17-21-25-31-41(32-26-22-18-14-10-6-2)39-46-48(45,43-35-38-44-36-29-30-37-44)47-40-42(33-27-23-19-15-11-7-3)34-28-24-20-16-12-8-4/h41-42H,5-40H2,1-4H3,(H,43,45). The Kier molecular flexibility index (Phi) is 32.8. The molecule has 1 heterocycles. The van der Waals surface area contributed by atoms with Gasteiger partial charge in [-0.25, -0.2) is 9.65 Å². The van der Waals surface area contributed by atoms with Crippen molar-refractivity contribution in [2.45, 2.75) is 220 Å². The average Bonchev–Trinajstić information content (AvgIpc) is 3.61. The molecule has 1 aliphatic rings. The lowest BCUT2D eigenvalue weighted by atomic mass is 9.95. The molecule has 0 atom stereocenters. The van der Waals surface area contributed by atoms with Gasteiger partial charge in [-0.1, -0.05) is 182 Å². The van der Waals surface area contributed by atoms with E-state index in [1.54, 1.807) is 0 Å². The van der Waals surface area contributed by atoms with Crippen LogP contribution in [0.3, 0.4) is 0 Å². The van der Waals surface area contributed by atoms with Crippen LogP contribution in [0.15, 0.2) is 0 Å². The minimum Gasteiger partial charge on any atom is -0.302 e. The fourth-order valence-corrected chi connectivity index (χ4v) is 8.81. The Morgan fingerprint density at radius 2 is 0.812 bits per heavy atom. The van der Waals surface area contributed by atoms with E-state index in [-0.39, 0.29) is 0 Å². The van der Waals surface area contributed by atoms with Crippen molar-refractivity contribution in [3.63, 3.8) is 0 Å². The number of nitrogens with one attached hydrogen (secondary N) is 1. The van der Waals surface area contributed by atoms with E-state index in [4.69, 9.17) is 9.05 Å². The summed E-state index contributed by atoms with van der Waals surface area (Å²) in [7, 11) is -3.38. The first-order valence-corrected chi connectivity index (χ1v) is 23.5. The average molecular weight is 699 g/mol. The second-order valence-electron chi connectivity index (χ2n) is 15.5. The zero-order chi connectivity index (χ0) is 34.8. The van der Waals surface area contributed by atoms with E-state index < -0.39 is 7.75 Å². The molecule has 1 rings (SSSR count). The van der Waals surface area contributed by atoms with E-state index in [2.05, 4.69) is 37.7 Å². The summed E-state index contributed by atoms with van der Waals surface area (Å²) in [6.45, 7) is 14.2. The molecule has 0 aliphatic carbocycles. The number of rotatable bonds is 38. The predicted molar refractivity (Wildman–Crippen MR) is 212 cm³/mol. The third kappa shape index (κ3) is 27.8. The van der Waals surface area contributed by atoms with E-state index in [0.717, 1.165) is 19.6 Å². The number of likely N-dealkylation sites (tertiary alicyclic amines) is 1. The van der Waals surface area contributed by atoms with Gasteiger partial charge in [-0.05, 0) is 63.5 Å². The maximum atomic E-state index is 14.4. The normalized spacial score (nSPS) is 14.3. The molecule has 0 aromatic carbocycles. The van der Waals surface area contributed by atoms with Crippen LogP contribution in [0.5, 0.6) is 0 Å². The summed E-state index contributed by atoms with van der Waals surface area (Å²) in [4.78, 5) is 2.48. The van der Waals surface area contributed by atoms with Crippen molar-refractivity contribution in [2.24, 2.45) is 11.8 Å². The summed E-state index contributed by atoms with van der Waals surface area (Å²) in [5.74, 6) is 0.948. The fraction of sp³-hybridized carbons (Fsp3) is 1.00. The quantitative estimate of drug-likeness (QED) is 0.0514. The Bertz CT molecular complexity index is 626. The molecular formula is C42H87N2O3P. The molecular weight excluding hydrogens is 611 g/mol. The molecule has 0 amide bonds. The van der Waals surface area contributed by atoms with Gasteiger partial charge < -0.3 is 4.90 Å². The van der Waals surface area contributed by atoms with Crippen LogP contribution in [0.25, 0.3) is 0 Å². The Labute approximate surface area is 302 Å². The largest absolute Gasteiger partial charge is 0.405 e. The van der Waals surface area contributed by atoms with Crippen molar-refractivity contribution >= 4 is 7.75 Å². The van der Waals surface area contributed by atoms with Crippen LogP contribution in [0.2, 0.25) is 0 Å². The van der Waals surface area contributed by atoms with Gasteiger partial charge in [0.15, 0.2) is 0 Å². The molecule has 1 saturated heterocycles. The van der Waals surface area contributed by atoms with Gasteiger partial charge in [-0.15, -0.1) is 0 Å². The lowest BCUT2D eigenvalue weighted by Crippen LogP contribution is -2.30.